The largest absolute Gasteiger partial charge is 0.503 e. The first kappa shape index (κ1) is 13.2. The van der Waals surface area contributed by atoms with Crippen LogP contribution in [0.1, 0.15) is 24.8 Å². The molecule has 1 N–H and O–H groups in total. The summed E-state index contributed by atoms with van der Waals surface area (Å²) in [6.07, 6.45) is 5.52. The summed E-state index contributed by atoms with van der Waals surface area (Å²) in [7, 11) is 1.53. The summed E-state index contributed by atoms with van der Waals surface area (Å²) in [5.74, 6) is 0.567. The number of halogens is 1. The van der Waals surface area contributed by atoms with Gasteiger partial charge in [0, 0.05) is 13.1 Å². The molecule has 0 saturated carbocycles. The van der Waals surface area contributed by atoms with Crippen LogP contribution in [0.15, 0.2) is 21.7 Å². The molecule has 1 heterocycles. The molecule has 1 aromatic carbocycles. The Morgan fingerprint density at radius 3 is 2.72 bits per heavy atom. The van der Waals surface area contributed by atoms with Gasteiger partial charge >= 0.3 is 0 Å². The molecule has 4 nitrogen and oxygen atoms in total. The SMILES string of the molecule is COc1cc(/C=N/N2CCCCC2)cc(Br)c1O. The fourth-order valence-electron chi connectivity index (χ4n) is 1.96. The number of hydrazone groups is 1. The first-order chi connectivity index (χ1) is 8.70. The fourth-order valence-corrected chi connectivity index (χ4v) is 2.42. The van der Waals surface area contributed by atoms with E-state index in [2.05, 4.69) is 26.0 Å². The van der Waals surface area contributed by atoms with E-state index in [-0.39, 0.29) is 5.75 Å². The van der Waals surface area contributed by atoms with E-state index in [1.807, 2.05) is 6.07 Å². The minimum atomic E-state index is 0.118. The monoisotopic (exact) mass is 312 g/mol. The predicted octanol–water partition coefficient (Wildman–Crippen LogP) is 2.98. The molecular formula is C13H17BrN2O2. The number of aromatic hydroxyl groups is 1. The van der Waals surface area contributed by atoms with Crippen molar-refractivity contribution >= 4 is 22.1 Å². The molecule has 0 amide bonds. The number of hydrogen-bond donors (Lipinski definition) is 1. The van der Waals surface area contributed by atoms with Crippen molar-refractivity contribution in [2.24, 2.45) is 5.10 Å². The predicted molar refractivity (Wildman–Crippen MR) is 75.4 cm³/mol. The van der Waals surface area contributed by atoms with E-state index in [9.17, 15) is 5.11 Å². The second-order valence-corrected chi connectivity index (χ2v) is 5.17. The van der Waals surface area contributed by atoms with E-state index in [0.29, 0.717) is 10.2 Å². The molecule has 0 unspecified atom stereocenters. The quantitative estimate of drug-likeness (QED) is 0.873. The summed E-state index contributed by atoms with van der Waals surface area (Å²) < 4.78 is 5.72. The van der Waals surface area contributed by atoms with E-state index < -0.39 is 0 Å². The third kappa shape index (κ3) is 3.16. The standard InChI is InChI=1S/C13H17BrN2O2/c1-18-12-8-10(7-11(14)13(12)17)9-15-16-5-3-2-4-6-16/h7-9,17H,2-6H2,1H3/b15-9+. The Morgan fingerprint density at radius 2 is 2.06 bits per heavy atom. The molecule has 0 bridgehead atoms. The number of hydrogen-bond acceptors (Lipinski definition) is 4. The maximum absolute atomic E-state index is 9.71. The number of benzene rings is 1. The highest BCUT2D eigenvalue weighted by Crippen LogP contribution is 2.34. The Bertz CT molecular complexity index is 443. The number of phenolic OH excluding ortho intramolecular Hbond substituents is 1. The molecule has 5 heteroatoms. The molecule has 0 aromatic heterocycles. The Labute approximate surface area is 115 Å². The third-order valence-corrected chi connectivity index (χ3v) is 3.58. The summed E-state index contributed by atoms with van der Waals surface area (Å²) in [6.45, 7) is 2.04. The van der Waals surface area contributed by atoms with Gasteiger partial charge in [0.15, 0.2) is 11.5 Å². The Hall–Kier alpha value is -1.23. The molecule has 2 rings (SSSR count). The first-order valence-corrected chi connectivity index (χ1v) is 6.85. The lowest BCUT2D eigenvalue weighted by Gasteiger charge is -2.23. The fraction of sp³-hybridized carbons (Fsp3) is 0.462. The topological polar surface area (TPSA) is 45.1 Å². The maximum Gasteiger partial charge on any atom is 0.172 e. The van der Waals surface area contributed by atoms with Gasteiger partial charge in [-0.3, -0.25) is 5.01 Å². The summed E-state index contributed by atoms with van der Waals surface area (Å²) in [6, 6.07) is 3.60. The van der Waals surface area contributed by atoms with Gasteiger partial charge in [0.05, 0.1) is 17.8 Å². The zero-order valence-corrected chi connectivity index (χ0v) is 12.0. The summed E-state index contributed by atoms with van der Waals surface area (Å²) in [5, 5.41) is 16.2. The molecule has 1 aliphatic heterocycles. The van der Waals surface area contributed by atoms with Crippen LogP contribution in [0.2, 0.25) is 0 Å². The molecule has 0 aliphatic carbocycles. The molecule has 1 aliphatic rings. The third-order valence-electron chi connectivity index (χ3n) is 2.97. The van der Waals surface area contributed by atoms with Crippen molar-refractivity contribution in [3.63, 3.8) is 0 Å². The molecule has 1 fully saturated rings. The molecular weight excluding hydrogens is 296 g/mol. The molecule has 0 radical (unpaired) electrons. The van der Waals surface area contributed by atoms with Gasteiger partial charge < -0.3 is 9.84 Å². The Morgan fingerprint density at radius 1 is 1.33 bits per heavy atom. The minimum absolute atomic E-state index is 0.118. The summed E-state index contributed by atoms with van der Waals surface area (Å²) in [4.78, 5) is 0. The van der Waals surface area contributed by atoms with Gasteiger partial charge in [-0.15, -0.1) is 0 Å². The molecule has 98 valence electrons. The van der Waals surface area contributed by atoms with E-state index in [0.717, 1.165) is 18.7 Å². The second kappa shape index (κ2) is 6.09. The first-order valence-electron chi connectivity index (χ1n) is 6.06. The average molecular weight is 313 g/mol. The van der Waals surface area contributed by atoms with E-state index in [1.54, 1.807) is 12.3 Å². The summed E-state index contributed by atoms with van der Waals surface area (Å²) in [5.41, 5.74) is 0.905. The lowest BCUT2D eigenvalue weighted by Crippen LogP contribution is -2.24. The van der Waals surface area contributed by atoms with Crippen molar-refractivity contribution in [1.29, 1.82) is 0 Å². The van der Waals surface area contributed by atoms with E-state index in [1.165, 1.54) is 26.4 Å². The van der Waals surface area contributed by atoms with Crippen LogP contribution in [0.4, 0.5) is 0 Å². The number of ether oxygens (including phenoxy) is 1. The van der Waals surface area contributed by atoms with Crippen molar-refractivity contribution in [3.8, 4) is 11.5 Å². The highest BCUT2D eigenvalue weighted by molar-refractivity contribution is 9.10. The van der Waals surface area contributed by atoms with Crippen molar-refractivity contribution < 1.29 is 9.84 Å². The second-order valence-electron chi connectivity index (χ2n) is 4.31. The molecule has 0 atom stereocenters. The Kier molecular flexibility index (Phi) is 4.47. The van der Waals surface area contributed by atoms with Gasteiger partial charge in [-0.1, -0.05) is 0 Å². The zero-order valence-electron chi connectivity index (χ0n) is 10.4. The number of phenols is 1. The highest BCUT2D eigenvalue weighted by atomic mass is 79.9. The van der Waals surface area contributed by atoms with Crippen LogP contribution >= 0.6 is 15.9 Å². The van der Waals surface area contributed by atoms with Crippen LogP contribution in [0.3, 0.4) is 0 Å². The van der Waals surface area contributed by atoms with Crippen LogP contribution in [-0.4, -0.2) is 36.5 Å². The van der Waals surface area contributed by atoms with Gasteiger partial charge in [-0.2, -0.15) is 5.10 Å². The number of nitrogens with zero attached hydrogens (tertiary/aromatic N) is 2. The summed E-state index contributed by atoms with van der Waals surface area (Å²) >= 11 is 3.30. The van der Waals surface area contributed by atoms with Gasteiger partial charge in [0.1, 0.15) is 0 Å². The van der Waals surface area contributed by atoms with Crippen LogP contribution < -0.4 is 4.74 Å². The lowest BCUT2D eigenvalue weighted by atomic mass is 10.2. The van der Waals surface area contributed by atoms with Crippen molar-refractivity contribution in [2.75, 3.05) is 20.2 Å². The van der Waals surface area contributed by atoms with Crippen LogP contribution in [-0.2, 0) is 0 Å². The highest BCUT2D eigenvalue weighted by Gasteiger charge is 2.09. The lowest BCUT2D eigenvalue weighted by molar-refractivity contribution is 0.240. The van der Waals surface area contributed by atoms with E-state index >= 15 is 0 Å². The molecule has 1 saturated heterocycles. The van der Waals surface area contributed by atoms with Crippen LogP contribution in [0.5, 0.6) is 11.5 Å². The molecule has 1 aromatic rings. The van der Waals surface area contributed by atoms with E-state index in [4.69, 9.17) is 4.74 Å². The number of rotatable bonds is 3. The smallest absolute Gasteiger partial charge is 0.172 e. The van der Waals surface area contributed by atoms with Crippen molar-refractivity contribution in [1.82, 2.24) is 5.01 Å². The van der Waals surface area contributed by atoms with Gasteiger partial charge in [-0.25, -0.2) is 0 Å². The maximum atomic E-state index is 9.71. The van der Waals surface area contributed by atoms with Crippen LogP contribution in [0, 0.1) is 0 Å². The minimum Gasteiger partial charge on any atom is -0.503 e. The average Bonchev–Trinajstić information content (AvgIpc) is 2.41. The molecule has 0 spiro atoms. The number of piperidine rings is 1. The van der Waals surface area contributed by atoms with Gasteiger partial charge in [-0.05, 0) is 52.9 Å². The zero-order chi connectivity index (χ0) is 13.0. The van der Waals surface area contributed by atoms with Crippen LogP contribution in [0.25, 0.3) is 0 Å². The molecule has 18 heavy (non-hydrogen) atoms. The van der Waals surface area contributed by atoms with Gasteiger partial charge in [0.2, 0.25) is 0 Å². The normalized spacial score (nSPS) is 16.2. The van der Waals surface area contributed by atoms with Gasteiger partial charge in [0.25, 0.3) is 0 Å². The van der Waals surface area contributed by atoms with Crippen molar-refractivity contribution in [3.05, 3.63) is 22.2 Å². The number of methoxy groups -OCH3 is 1. The van der Waals surface area contributed by atoms with Crippen molar-refractivity contribution in [2.45, 2.75) is 19.3 Å². The Balaban J connectivity index is 2.13.